The van der Waals surface area contributed by atoms with Crippen LogP contribution in [-0.2, 0) is 10.0 Å². The number of nitrogens with zero attached hydrogens (tertiary/aromatic N) is 2. The number of carbonyl (C=O) groups is 2. The van der Waals surface area contributed by atoms with Crippen molar-refractivity contribution in [1.29, 1.82) is 0 Å². The number of aliphatic hydroxyl groups is 1. The van der Waals surface area contributed by atoms with Gasteiger partial charge in [0.1, 0.15) is 11.9 Å². The van der Waals surface area contributed by atoms with Crippen molar-refractivity contribution in [3.63, 3.8) is 0 Å². The van der Waals surface area contributed by atoms with Gasteiger partial charge in [-0.2, -0.15) is 0 Å². The molecule has 45 heavy (non-hydrogen) atoms. The van der Waals surface area contributed by atoms with E-state index in [-0.39, 0.29) is 54.3 Å². The summed E-state index contributed by atoms with van der Waals surface area (Å²) in [4.78, 5) is 29.9. The Morgan fingerprint density at radius 1 is 1.13 bits per heavy atom. The van der Waals surface area contributed by atoms with Crippen molar-refractivity contribution in [1.82, 2.24) is 9.80 Å². The van der Waals surface area contributed by atoms with Gasteiger partial charge < -0.3 is 39.2 Å². The van der Waals surface area contributed by atoms with E-state index in [1.54, 1.807) is 44.3 Å². The summed E-state index contributed by atoms with van der Waals surface area (Å²) in [6.45, 7) is 3.74. The number of hydrogen-bond donors (Lipinski definition) is 3. The number of fused-ring (bicyclic) bond motifs is 2. The first-order chi connectivity index (χ1) is 21.5. The van der Waals surface area contributed by atoms with E-state index in [1.807, 2.05) is 6.92 Å². The van der Waals surface area contributed by atoms with Gasteiger partial charge in [0.25, 0.3) is 15.9 Å². The fourth-order valence-electron chi connectivity index (χ4n) is 5.05. The maximum absolute atomic E-state index is 13.8. The summed E-state index contributed by atoms with van der Waals surface area (Å²) in [6, 6.07) is 14.6. The molecule has 2 heterocycles. The minimum absolute atomic E-state index is 0.0153. The Morgan fingerprint density at radius 2 is 1.87 bits per heavy atom. The number of hydrogen-bond acceptors (Lipinski definition) is 9. The van der Waals surface area contributed by atoms with Gasteiger partial charge in [0, 0.05) is 31.3 Å². The van der Waals surface area contributed by atoms with Crippen LogP contribution in [0.5, 0.6) is 23.0 Å². The van der Waals surface area contributed by atoms with Gasteiger partial charge in [-0.25, -0.2) is 13.2 Å². The predicted octanol–water partition coefficient (Wildman–Crippen LogP) is 3.61. The molecule has 3 N–H and O–H groups in total. The lowest BCUT2D eigenvalue weighted by Gasteiger charge is -2.38. The van der Waals surface area contributed by atoms with Gasteiger partial charge >= 0.3 is 6.03 Å². The predicted molar refractivity (Wildman–Crippen MR) is 166 cm³/mol. The highest BCUT2D eigenvalue weighted by Crippen LogP contribution is 2.37. The average Bonchev–Trinajstić information content (AvgIpc) is 3.50. The van der Waals surface area contributed by atoms with Crippen LogP contribution in [0.2, 0.25) is 0 Å². The molecule has 3 atom stereocenters. The number of ether oxygens (including phenoxy) is 4. The van der Waals surface area contributed by atoms with Gasteiger partial charge in [-0.15, -0.1) is 0 Å². The molecular formula is C31H36N4O9S. The topological polar surface area (TPSA) is 156 Å². The number of nitrogens with one attached hydrogen (secondary N) is 2. The normalized spacial score (nSPS) is 18.2. The summed E-state index contributed by atoms with van der Waals surface area (Å²) >= 11 is 0. The lowest BCUT2D eigenvalue weighted by atomic mass is 9.99. The first-order valence-electron chi connectivity index (χ1n) is 14.3. The van der Waals surface area contributed by atoms with Crippen LogP contribution >= 0.6 is 0 Å². The van der Waals surface area contributed by atoms with E-state index in [1.165, 1.54) is 47.2 Å². The maximum atomic E-state index is 13.8. The lowest BCUT2D eigenvalue weighted by molar-refractivity contribution is 0.0373. The summed E-state index contributed by atoms with van der Waals surface area (Å²) in [5.41, 5.74) is 0.686. The molecule has 0 unspecified atom stereocenters. The molecular weight excluding hydrogens is 604 g/mol. The first kappa shape index (κ1) is 31.7. The highest BCUT2D eigenvalue weighted by atomic mass is 32.2. The summed E-state index contributed by atoms with van der Waals surface area (Å²) in [5, 5.41) is 12.8. The van der Waals surface area contributed by atoms with Gasteiger partial charge in [-0.05, 0) is 55.5 Å². The molecule has 3 amide bonds. The third-order valence-electron chi connectivity index (χ3n) is 7.73. The van der Waals surface area contributed by atoms with Gasteiger partial charge in [-0.1, -0.05) is 13.0 Å². The second-order valence-electron chi connectivity index (χ2n) is 11.0. The van der Waals surface area contributed by atoms with Crippen LogP contribution in [0.3, 0.4) is 0 Å². The van der Waals surface area contributed by atoms with Crippen LogP contribution in [0.4, 0.5) is 16.2 Å². The molecule has 3 aromatic rings. The number of anilines is 2. The lowest BCUT2D eigenvalue weighted by Crippen LogP contribution is -2.50. The van der Waals surface area contributed by atoms with Crippen LogP contribution in [-0.4, -0.2) is 88.1 Å². The monoisotopic (exact) mass is 640 g/mol. The molecule has 0 aliphatic carbocycles. The SMILES string of the molecule is COc1ccc(S(=O)(=O)Nc2cccc3c2O[C@H](CN(C)C(=O)Nc2ccc4c(c2)OCO4)[C@H](C)CN([C@H](C)CO)C3=O)cc1. The van der Waals surface area contributed by atoms with Crippen LogP contribution in [0.25, 0.3) is 0 Å². The average molecular weight is 641 g/mol. The molecule has 2 aliphatic rings. The zero-order valence-electron chi connectivity index (χ0n) is 25.3. The largest absolute Gasteiger partial charge is 0.497 e. The van der Waals surface area contributed by atoms with E-state index in [4.69, 9.17) is 18.9 Å². The van der Waals surface area contributed by atoms with Crippen molar-refractivity contribution in [2.45, 2.75) is 30.9 Å². The van der Waals surface area contributed by atoms with Gasteiger partial charge in [0.2, 0.25) is 6.79 Å². The second-order valence-corrected chi connectivity index (χ2v) is 12.6. The minimum atomic E-state index is -4.10. The van der Waals surface area contributed by atoms with Crippen molar-refractivity contribution in [3.8, 4) is 23.0 Å². The van der Waals surface area contributed by atoms with Crippen molar-refractivity contribution in [3.05, 3.63) is 66.2 Å². The summed E-state index contributed by atoms with van der Waals surface area (Å²) in [5.74, 6) is 0.882. The number of carbonyl (C=O) groups excluding carboxylic acids is 2. The molecule has 0 aromatic heterocycles. The van der Waals surface area contributed by atoms with E-state index in [2.05, 4.69) is 10.0 Å². The molecule has 0 fully saturated rings. The van der Waals surface area contributed by atoms with E-state index >= 15 is 0 Å². The Kier molecular flexibility index (Phi) is 9.25. The molecule has 2 aliphatic heterocycles. The number of rotatable bonds is 9. The van der Waals surface area contributed by atoms with Crippen LogP contribution < -0.4 is 29.0 Å². The molecule has 0 saturated carbocycles. The Morgan fingerprint density at radius 3 is 2.58 bits per heavy atom. The molecule has 13 nitrogen and oxygen atoms in total. The number of benzene rings is 3. The fourth-order valence-corrected chi connectivity index (χ4v) is 6.11. The van der Waals surface area contributed by atoms with Gasteiger partial charge in [0.15, 0.2) is 17.2 Å². The molecule has 0 saturated heterocycles. The molecule has 0 bridgehead atoms. The number of urea groups is 1. The van der Waals surface area contributed by atoms with Gasteiger partial charge in [0.05, 0.1) is 42.4 Å². The zero-order valence-corrected chi connectivity index (χ0v) is 26.2. The molecule has 240 valence electrons. The Balaban J connectivity index is 1.44. The van der Waals surface area contributed by atoms with E-state index in [0.717, 1.165) is 0 Å². The van der Waals surface area contributed by atoms with Crippen molar-refractivity contribution >= 4 is 33.3 Å². The first-order valence-corrected chi connectivity index (χ1v) is 15.8. The van der Waals surface area contributed by atoms with Crippen LogP contribution in [0, 0.1) is 5.92 Å². The van der Waals surface area contributed by atoms with Crippen molar-refractivity contribution in [2.75, 3.05) is 50.7 Å². The van der Waals surface area contributed by atoms with E-state index in [0.29, 0.717) is 22.9 Å². The van der Waals surface area contributed by atoms with Crippen LogP contribution in [0.15, 0.2) is 65.6 Å². The second kappa shape index (κ2) is 13.1. The van der Waals surface area contributed by atoms with E-state index in [9.17, 15) is 23.1 Å². The fraction of sp³-hybridized carbons (Fsp3) is 0.355. The van der Waals surface area contributed by atoms with Gasteiger partial charge in [-0.3, -0.25) is 9.52 Å². The Hall–Kier alpha value is -4.69. The molecule has 0 spiro atoms. The highest BCUT2D eigenvalue weighted by Gasteiger charge is 2.35. The molecule has 0 radical (unpaired) electrons. The summed E-state index contributed by atoms with van der Waals surface area (Å²) in [6.07, 6.45) is -0.676. The third-order valence-corrected chi connectivity index (χ3v) is 9.11. The van der Waals surface area contributed by atoms with Crippen molar-refractivity contribution < 1.29 is 42.1 Å². The van der Waals surface area contributed by atoms with Crippen LogP contribution in [0.1, 0.15) is 24.2 Å². The molecule has 5 rings (SSSR count). The third kappa shape index (κ3) is 6.86. The Bertz CT molecular complexity index is 1670. The highest BCUT2D eigenvalue weighted by molar-refractivity contribution is 7.92. The number of para-hydroxylation sites is 1. The number of amides is 3. The maximum Gasteiger partial charge on any atom is 0.321 e. The summed E-state index contributed by atoms with van der Waals surface area (Å²) in [7, 11) is -1.01. The minimum Gasteiger partial charge on any atom is -0.497 e. The molecule has 3 aromatic carbocycles. The smallest absolute Gasteiger partial charge is 0.321 e. The number of methoxy groups -OCH3 is 1. The van der Waals surface area contributed by atoms with E-state index < -0.39 is 34.1 Å². The quantitative estimate of drug-likeness (QED) is 0.318. The Labute approximate surface area is 261 Å². The number of aliphatic hydroxyl groups excluding tert-OH is 1. The zero-order chi connectivity index (χ0) is 32.3. The molecule has 14 heteroatoms. The standard InChI is InChI=1S/C31H36N4O9S/c1-19-15-35(20(2)17-36)30(37)24-6-5-7-25(33-45(39,40)23-11-9-22(41-4)10-12-23)29(24)44-28(19)16-34(3)31(38)32-21-8-13-26-27(14-21)43-18-42-26/h5-14,19-20,28,33,36H,15-18H2,1-4H3,(H,32,38)/t19-,20-,28-/m1/s1. The number of sulfonamides is 1. The number of likely N-dealkylation sites (N-methyl/N-ethyl adjacent to an activating group) is 1. The van der Waals surface area contributed by atoms with Crippen molar-refractivity contribution in [2.24, 2.45) is 5.92 Å². The summed E-state index contributed by atoms with van der Waals surface area (Å²) < 4.78 is 51.6.